The number of nitrogens with zero attached hydrogens (tertiary/aromatic N) is 2. The molecule has 30 heavy (non-hydrogen) atoms. The van der Waals surface area contributed by atoms with Gasteiger partial charge in [0, 0.05) is 5.56 Å². The maximum atomic E-state index is 13.7. The highest BCUT2D eigenvalue weighted by atomic mass is 19.4. The number of hydrazine groups is 1. The van der Waals surface area contributed by atoms with Crippen molar-refractivity contribution in [3.05, 3.63) is 34.4 Å². The molecule has 170 valence electrons. The van der Waals surface area contributed by atoms with Gasteiger partial charge >= 0.3 is 18.4 Å². The first kappa shape index (κ1) is 25.6. The van der Waals surface area contributed by atoms with Crippen LogP contribution in [0.1, 0.15) is 53.7 Å². The third-order valence-corrected chi connectivity index (χ3v) is 4.68. The molecule has 1 aromatic rings. The van der Waals surface area contributed by atoms with Gasteiger partial charge in [-0.05, 0) is 44.7 Å². The van der Waals surface area contributed by atoms with E-state index >= 15 is 0 Å². The van der Waals surface area contributed by atoms with Gasteiger partial charge < -0.3 is 5.73 Å². The number of amides is 3. The minimum absolute atomic E-state index is 0.172. The van der Waals surface area contributed by atoms with Crippen molar-refractivity contribution in [3.63, 3.8) is 0 Å². The molecule has 0 aliphatic heterocycles. The number of hydrogen-bond acceptors (Lipinski definition) is 2. The molecule has 0 aromatic heterocycles. The topological polar surface area (TPSA) is 66.6 Å². The second-order valence-electron chi connectivity index (χ2n) is 7.04. The van der Waals surface area contributed by atoms with Gasteiger partial charge in [-0.1, -0.05) is 31.5 Å². The molecule has 0 spiro atoms. The fraction of sp³-hybridized carbons (Fsp3) is 0.579. The van der Waals surface area contributed by atoms with Crippen LogP contribution in [0.4, 0.5) is 31.1 Å². The number of nitrogens with two attached hydrogens (primary N) is 1. The van der Waals surface area contributed by atoms with E-state index < -0.39 is 49.2 Å². The van der Waals surface area contributed by atoms with Crippen LogP contribution in [0.5, 0.6) is 0 Å². The van der Waals surface area contributed by atoms with Crippen LogP contribution in [-0.4, -0.2) is 46.4 Å². The van der Waals surface area contributed by atoms with Gasteiger partial charge in [0.25, 0.3) is 5.91 Å². The molecule has 5 nitrogen and oxygen atoms in total. The molecule has 0 aliphatic rings. The van der Waals surface area contributed by atoms with Crippen LogP contribution < -0.4 is 5.73 Å². The summed E-state index contributed by atoms with van der Waals surface area (Å²) in [6, 6.07) is -4.17. The first-order valence-corrected chi connectivity index (χ1v) is 9.21. The van der Waals surface area contributed by atoms with Crippen molar-refractivity contribution in [1.82, 2.24) is 10.0 Å². The molecule has 1 aromatic carbocycles. The molecule has 1 rings (SSSR count). The Hall–Kier alpha value is -2.46. The molecular weight excluding hydrogens is 416 g/mol. The highest BCUT2D eigenvalue weighted by molar-refractivity contribution is 5.98. The Morgan fingerprint density at radius 1 is 0.867 bits per heavy atom. The van der Waals surface area contributed by atoms with Crippen molar-refractivity contribution in [2.45, 2.75) is 71.9 Å². The molecule has 0 fully saturated rings. The Morgan fingerprint density at radius 3 is 1.53 bits per heavy atom. The molecule has 2 unspecified atom stereocenters. The number of carbonyl (C=O) groups excluding carboxylic acids is 2. The fourth-order valence-corrected chi connectivity index (χ4v) is 3.52. The Labute approximate surface area is 170 Å². The summed E-state index contributed by atoms with van der Waals surface area (Å²) in [5, 5.41) is -0.475. The molecule has 2 atom stereocenters. The predicted octanol–water partition coefficient (Wildman–Crippen LogP) is 5.03. The largest absolute Gasteiger partial charge is 0.410 e. The van der Waals surface area contributed by atoms with E-state index in [0.29, 0.717) is 5.56 Å². The van der Waals surface area contributed by atoms with Crippen LogP contribution in [0.3, 0.4) is 0 Å². The first-order chi connectivity index (χ1) is 13.6. The molecule has 2 N–H and O–H groups in total. The van der Waals surface area contributed by atoms with Crippen LogP contribution >= 0.6 is 0 Å². The highest BCUT2D eigenvalue weighted by Gasteiger charge is 2.54. The number of aryl methyl sites for hydroxylation is 3. The lowest BCUT2D eigenvalue weighted by atomic mass is 9.98. The maximum Gasteiger partial charge on any atom is 0.410 e. The monoisotopic (exact) mass is 441 g/mol. The van der Waals surface area contributed by atoms with Gasteiger partial charge in [0.15, 0.2) is 6.04 Å². The summed E-state index contributed by atoms with van der Waals surface area (Å²) in [5.41, 5.74) is 6.12. The third-order valence-electron chi connectivity index (χ3n) is 4.68. The number of primary amides is 1. The number of alkyl halides is 6. The van der Waals surface area contributed by atoms with Crippen molar-refractivity contribution >= 4 is 11.9 Å². The van der Waals surface area contributed by atoms with Crippen LogP contribution in [0.25, 0.3) is 0 Å². The van der Waals surface area contributed by atoms with Gasteiger partial charge in [-0.25, -0.2) is 14.8 Å². The number of urea groups is 1. The summed E-state index contributed by atoms with van der Waals surface area (Å²) in [6.45, 7) is 6.70. The number of carbonyl (C=O) groups is 2. The zero-order valence-corrected chi connectivity index (χ0v) is 17.3. The maximum absolute atomic E-state index is 13.7. The van der Waals surface area contributed by atoms with Gasteiger partial charge in [0.05, 0.1) is 0 Å². The van der Waals surface area contributed by atoms with E-state index in [2.05, 4.69) is 0 Å². The highest BCUT2D eigenvalue weighted by Crippen LogP contribution is 2.35. The molecule has 0 radical (unpaired) electrons. The van der Waals surface area contributed by atoms with E-state index in [1.807, 2.05) is 0 Å². The summed E-state index contributed by atoms with van der Waals surface area (Å²) < 4.78 is 81.9. The van der Waals surface area contributed by atoms with Gasteiger partial charge in [-0.15, -0.1) is 0 Å². The van der Waals surface area contributed by atoms with Crippen LogP contribution in [0, 0.1) is 20.8 Å². The van der Waals surface area contributed by atoms with Gasteiger partial charge in [0.1, 0.15) is 6.04 Å². The van der Waals surface area contributed by atoms with E-state index in [9.17, 15) is 35.9 Å². The molecule has 11 heteroatoms. The summed E-state index contributed by atoms with van der Waals surface area (Å²) in [4.78, 5) is 25.2. The molecule has 0 heterocycles. The number of hydrogen-bond donors (Lipinski definition) is 1. The minimum Gasteiger partial charge on any atom is -0.350 e. The van der Waals surface area contributed by atoms with E-state index in [0.717, 1.165) is 13.8 Å². The summed E-state index contributed by atoms with van der Waals surface area (Å²) in [5.74, 6) is -1.38. The lowest BCUT2D eigenvalue weighted by Crippen LogP contribution is -2.65. The minimum atomic E-state index is -5.11. The predicted molar refractivity (Wildman–Crippen MR) is 98.5 cm³/mol. The second-order valence-corrected chi connectivity index (χ2v) is 7.04. The number of rotatable bonds is 5. The third kappa shape index (κ3) is 5.37. The average molecular weight is 441 g/mol. The van der Waals surface area contributed by atoms with Crippen LogP contribution in [0.2, 0.25) is 0 Å². The smallest absolute Gasteiger partial charge is 0.350 e. The van der Waals surface area contributed by atoms with Crippen molar-refractivity contribution in [2.24, 2.45) is 5.73 Å². The zero-order valence-electron chi connectivity index (χ0n) is 17.3. The molecule has 0 bridgehead atoms. The van der Waals surface area contributed by atoms with E-state index in [1.165, 1.54) is 26.0 Å². The molecule has 0 aliphatic carbocycles. The molecule has 3 amide bonds. The summed E-state index contributed by atoms with van der Waals surface area (Å²) in [6.07, 6.45) is -11.8. The SMILES string of the molecule is CCC(N(C(N)=O)N(C(=O)c1c(C)cc(C)cc1C)C(CC)C(F)(F)F)C(F)(F)F. The Bertz CT molecular complexity index is 768. The number of benzene rings is 1. The van der Waals surface area contributed by atoms with Crippen molar-refractivity contribution in [2.75, 3.05) is 0 Å². The van der Waals surface area contributed by atoms with Crippen molar-refractivity contribution in [1.29, 1.82) is 0 Å². The lowest BCUT2D eigenvalue weighted by Gasteiger charge is -2.44. The first-order valence-electron chi connectivity index (χ1n) is 9.21. The van der Waals surface area contributed by atoms with Gasteiger partial charge in [-0.2, -0.15) is 26.3 Å². The van der Waals surface area contributed by atoms with E-state index in [1.54, 1.807) is 6.92 Å². The average Bonchev–Trinajstić information content (AvgIpc) is 2.54. The molecular formula is C19H25F6N3O2. The summed E-state index contributed by atoms with van der Waals surface area (Å²) in [7, 11) is 0. The lowest BCUT2D eigenvalue weighted by molar-refractivity contribution is -0.239. The van der Waals surface area contributed by atoms with Gasteiger partial charge in [0.2, 0.25) is 0 Å². The standard InChI is InChI=1S/C19H25F6N3O2/c1-6-13(18(20,21)22)27(28(17(26)30)14(7-2)19(23,24)25)16(29)15-11(4)8-10(3)9-12(15)5/h8-9,13-14H,6-7H2,1-5H3,(H2,26,30). The normalized spacial score (nSPS) is 14.2. The second kappa shape index (κ2) is 9.13. The Balaban J connectivity index is 3.83. The number of halogens is 6. The van der Waals surface area contributed by atoms with Crippen LogP contribution in [-0.2, 0) is 0 Å². The Morgan fingerprint density at radius 2 is 1.23 bits per heavy atom. The van der Waals surface area contributed by atoms with E-state index in [-0.39, 0.29) is 26.7 Å². The molecule has 0 saturated carbocycles. The Kier molecular flexibility index (Phi) is 7.79. The van der Waals surface area contributed by atoms with E-state index in [4.69, 9.17) is 5.73 Å². The quantitative estimate of drug-likeness (QED) is 0.514. The van der Waals surface area contributed by atoms with Crippen LogP contribution in [0.15, 0.2) is 12.1 Å². The zero-order chi connectivity index (χ0) is 23.6. The van der Waals surface area contributed by atoms with Crippen molar-refractivity contribution in [3.8, 4) is 0 Å². The molecule has 0 saturated heterocycles. The fourth-order valence-electron chi connectivity index (χ4n) is 3.52. The summed E-state index contributed by atoms with van der Waals surface area (Å²) >= 11 is 0. The van der Waals surface area contributed by atoms with Gasteiger partial charge in [-0.3, -0.25) is 4.79 Å². The van der Waals surface area contributed by atoms with Crippen molar-refractivity contribution < 1.29 is 35.9 Å².